The molecule has 0 saturated carbocycles. The van der Waals surface area contributed by atoms with E-state index in [0.29, 0.717) is 13.2 Å². The molecular formula is C16H25NO6S2. The largest absolute Gasteiger partial charge is 0.495 e. The third-order valence-corrected chi connectivity index (χ3v) is 8.67. The van der Waals surface area contributed by atoms with Crippen LogP contribution in [0.25, 0.3) is 0 Å². The van der Waals surface area contributed by atoms with Crippen LogP contribution in [0.15, 0.2) is 17.0 Å². The Bertz CT molecular complexity index is 832. The zero-order valence-corrected chi connectivity index (χ0v) is 16.5. The molecule has 0 bridgehead atoms. The summed E-state index contributed by atoms with van der Waals surface area (Å²) in [6.07, 6.45) is 0. The lowest BCUT2D eigenvalue weighted by Crippen LogP contribution is -2.44. The van der Waals surface area contributed by atoms with Gasteiger partial charge in [-0.1, -0.05) is 0 Å². The molecule has 0 aliphatic carbocycles. The van der Waals surface area contributed by atoms with E-state index in [-0.39, 0.29) is 16.4 Å². The van der Waals surface area contributed by atoms with E-state index in [1.54, 1.807) is 12.1 Å². The first-order valence-electron chi connectivity index (χ1n) is 7.94. The standard InChI is InChI=1S/C16H25NO6S2/c1-11-7-14(23-4)15(8-12(11)2)25(20,21)16-10-24(18,19)9-13(16)17-5-6-22-3/h7-8,13,16-17H,5-6,9-10H2,1-4H3/t13-,16-/m0/s1. The zero-order chi connectivity index (χ0) is 18.8. The Hall–Kier alpha value is -1.16. The molecule has 1 heterocycles. The van der Waals surface area contributed by atoms with E-state index < -0.39 is 36.7 Å². The molecule has 25 heavy (non-hydrogen) atoms. The van der Waals surface area contributed by atoms with Crippen molar-refractivity contribution in [2.24, 2.45) is 0 Å². The molecule has 9 heteroatoms. The van der Waals surface area contributed by atoms with Crippen molar-refractivity contribution in [2.75, 3.05) is 38.9 Å². The highest BCUT2D eigenvalue weighted by Gasteiger charge is 2.46. The molecular weight excluding hydrogens is 366 g/mol. The van der Waals surface area contributed by atoms with Gasteiger partial charge in [-0.3, -0.25) is 0 Å². The topological polar surface area (TPSA) is 98.8 Å². The predicted molar refractivity (Wildman–Crippen MR) is 95.8 cm³/mol. The Morgan fingerprint density at radius 2 is 1.80 bits per heavy atom. The summed E-state index contributed by atoms with van der Waals surface area (Å²) in [5.74, 6) is -0.354. The first-order valence-corrected chi connectivity index (χ1v) is 11.3. The van der Waals surface area contributed by atoms with Crippen LogP contribution in [0.3, 0.4) is 0 Å². The van der Waals surface area contributed by atoms with Crippen molar-refractivity contribution in [3.8, 4) is 5.75 Å². The summed E-state index contributed by atoms with van der Waals surface area (Å²) in [4.78, 5) is 0.0405. The molecule has 7 nitrogen and oxygen atoms in total. The molecule has 0 unspecified atom stereocenters. The molecule has 1 aromatic rings. The van der Waals surface area contributed by atoms with Crippen LogP contribution >= 0.6 is 0 Å². The van der Waals surface area contributed by atoms with Crippen molar-refractivity contribution in [2.45, 2.75) is 30.0 Å². The fraction of sp³-hybridized carbons (Fsp3) is 0.625. The van der Waals surface area contributed by atoms with Gasteiger partial charge in [0.15, 0.2) is 19.7 Å². The Labute approximate surface area is 149 Å². The summed E-state index contributed by atoms with van der Waals surface area (Å²) in [6, 6.07) is 2.55. The third-order valence-electron chi connectivity index (χ3n) is 4.50. The van der Waals surface area contributed by atoms with E-state index in [1.165, 1.54) is 14.2 Å². The SMILES string of the molecule is COCCN[C@H]1CS(=O)(=O)C[C@@H]1S(=O)(=O)c1cc(C)c(C)cc1OC. The Morgan fingerprint density at radius 3 is 2.40 bits per heavy atom. The van der Waals surface area contributed by atoms with Crippen LogP contribution in [0, 0.1) is 13.8 Å². The number of sulfone groups is 2. The maximum absolute atomic E-state index is 13.2. The van der Waals surface area contributed by atoms with Gasteiger partial charge in [-0.2, -0.15) is 0 Å². The van der Waals surface area contributed by atoms with E-state index in [9.17, 15) is 16.8 Å². The number of rotatable bonds is 7. The molecule has 0 aromatic heterocycles. The first-order chi connectivity index (χ1) is 11.6. The summed E-state index contributed by atoms with van der Waals surface area (Å²) < 4.78 is 60.7. The van der Waals surface area contributed by atoms with Gasteiger partial charge in [-0.25, -0.2) is 16.8 Å². The fourth-order valence-electron chi connectivity index (χ4n) is 2.97. The number of ether oxygens (including phenoxy) is 2. The van der Waals surface area contributed by atoms with E-state index in [1.807, 2.05) is 13.8 Å². The Morgan fingerprint density at radius 1 is 1.16 bits per heavy atom. The molecule has 0 spiro atoms. The van der Waals surface area contributed by atoms with Gasteiger partial charge in [-0.05, 0) is 37.1 Å². The molecule has 2 atom stereocenters. The van der Waals surface area contributed by atoms with Crippen molar-refractivity contribution >= 4 is 19.7 Å². The number of aryl methyl sites for hydroxylation is 2. The van der Waals surface area contributed by atoms with Crippen LogP contribution in [0.4, 0.5) is 0 Å². The molecule has 1 aliphatic heterocycles. The average Bonchev–Trinajstić information content (AvgIpc) is 2.85. The monoisotopic (exact) mass is 391 g/mol. The van der Waals surface area contributed by atoms with Gasteiger partial charge in [0.05, 0.1) is 30.5 Å². The zero-order valence-electron chi connectivity index (χ0n) is 14.9. The van der Waals surface area contributed by atoms with Crippen LogP contribution in [0.5, 0.6) is 5.75 Å². The minimum atomic E-state index is -3.89. The van der Waals surface area contributed by atoms with Crippen molar-refractivity contribution in [3.63, 3.8) is 0 Å². The molecule has 142 valence electrons. The average molecular weight is 392 g/mol. The third kappa shape index (κ3) is 4.33. The van der Waals surface area contributed by atoms with Crippen molar-refractivity contribution in [3.05, 3.63) is 23.3 Å². The quantitative estimate of drug-likeness (QED) is 0.675. The second-order valence-electron chi connectivity index (χ2n) is 6.30. The lowest BCUT2D eigenvalue weighted by atomic mass is 10.1. The second-order valence-corrected chi connectivity index (χ2v) is 10.6. The lowest BCUT2D eigenvalue weighted by Gasteiger charge is -2.21. The van der Waals surface area contributed by atoms with Gasteiger partial charge >= 0.3 is 0 Å². The van der Waals surface area contributed by atoms with E-state index in [0.717, 1.165) is 11.1 Å². The Kier molecular flexibility index (Phi) is 6.13. The number of benzene rings is 1. The second kappa shape index (κ2) is 7.61. The first kappa shape index (κ1) is 20.2. The van der Waals surface area contributed by atoms with Gasteiger partial charge in [0, 0.05) is 19.7 Å². The molecule has 1 aliphatic rings. The maximum Gasteiger partial charge on any atom is 0.187 e. The number of hydrogen-bond acceptors (Lipinski definition) is 7. The van der Waals surface area contributed by atoms with Gasteiger partial charge < -0.3 is 14.8 Å². The van der Waals surface area contributed by atoms with Crippen molar-refractivity contribution < 1.29 is 26.3 Å². The summed E-state index contributed by atoms with van der Waals surface area (Å²) in [5, 5.41) is 1.95. The summed E-state index contributed by atoms with van der Waals surface area (Å²) in [5.41, 5.74) is 1.72. The van der Waals surface area contributed by atoms with Gasteiger partial charge in [-0.15, -0.1) is 0 Å². The summed E-state index contributed by atoms with van der Waals surface area (Å²) in [7, 11) is -4.39. The molecule has 0 amide bonds. The summed E-state index contributed by atoms with van der Waals surface area (Å²) in [6.45, 7) is 4.43. The molecule has 1 aromatic carbocycles. The van der Waals surface area contributed by atoms with E-state index in [2.05, 4.69) is 5.32 Å². The summed E-state index contributed by atoms with van der Waals surface area (Å²) >= 11 is 0. The van der Waals surface area contributed by atoms with Crippen LogP contribution in [0.2, 0.25) is 0 Å². The molecule has 1 fully saturated rings. The molecule has 1 N–H and O–H groups in total. The van der Waals surface area contributed by atoms with Gasteiger partial charge in [0.1, 0.15) is 10.6 Å². The number of methoxy groups -OCH3 is 2. The van der Waals surface area contributed by atoms with Crippen molar-refractivity contribution in [1.82, 2.24) is 5.32 Å². The van der Waals surface area contributed by atoms with Gasteiger partial charge in [0.2, 0.25) is 0 Å². The predicted octanol–water partition coefficient (Wildman–Crippen LogP) is 0.487. The van der Waals surface area contributed by atoms with Crippen LogP contribution in [-0.2, 0) is 24.4 Å². The minimum Gasteiger partial charge on any atom is -0.495 e. The highest BCUT2D eigenvalue weighted by molar-refractivity contribution is 7.96. The molecule has 0 radical (unpaired) electrons. The fourth-order valence-corrected chi connectivity index (χ4v) is 7.91. The molecule has 2 rings (SSSR count). The van der Waals surface area contributed by atoms with E-state index in [4.69, 9.17) is 9.47 Å². The molecule has 1 saturated heterocycles. The number of nitrogens with one attached hydrogen (secondary N) is 1. The highest BCUT2D eigenvalue weighted by atomic mass is 32.2. The van der Waals surface area contributed by atoms with Crippen LogP contribution in [-0.4, -0.2) is 67.0 Å². The smallest absolute Gasteiger partial charge is 0.187 e. The van der Waals surface area contributed by atoms with Crippen molar-refractivity contribution in [1.29, 1.82) is 0 Å². The van der Waals surface area contributed by atoms with E-state index >= 15 is 0 Å². The highest BCUT2D eigenvalue weighted by Crippen LogP contribution is 2.33. The minimum absolute atomic E-state index is 0.0405. The maximum atomic E-state index is 13.2. The van der Waals surface area contributed by atoms with Crippen LogP contribution < -0.4 is 10.1 Å². The number of hydrogen-bond donors (Lipinski definition) is 1. The van der Waals surface area contributed by atoms with Crippen LogP contribution in [0.1, 0.15) is 11.1 Å². The lowest BCUT2D eigenvalue weighted by molar-refractivity contribution is 0.196. The Balaban J connectivity index is 2.44. The van der Waals surface area contributed by atoms with Gasteiger partial charge in [0.25, 0.3) is 0 Å². The normalized spacial score (nSPS) is 22.9.